The monoisotopic (exact) mass is 528 g/mol. The molecule has 1 aliphatic carbocycles. The Morgan fingerprint density at radius 2 is 1.95 bits per heavy atom. The van der Waals surface area contributed by atoms with Gasteiger partial charge < -0.3 is 4.90 Å². The molecule has 0 unspecified atom stereocenters. The Labute approximate surface area is 224 Å². The van der Waals surface area contributed by atoms with Gasteiger partial charge in [0.15, 0.2) is 11.0 Å². The smallest absolute Gasteiger partial charge is 0.160 e. The first-order valence-corrected chi connectivity index (χ1v) is 13.4. The van der Waals surface area contributed by atoms with Crippen LogP contribution in [0.4, 0.5) is 5.82 Å². The van der Waals surface area contributed by atoms with Crippen LogP contribution in [0.15, 0.2) is 61.6 Å². The van der Waals surface area contributed by atoms with E-state index in [1.165, 1.54) is 24.0 Å². The highest BCUT2D eigenvalue weighted by Gasteiger charge is 2.41. The number of H-pyrrole nitrogens is 1. The van der Waals surface area contributed by atoms with Crippen LogP contribution < -0.4 is 4.90 Å². The summed E-state index contributed by atoms with van der Waals surface area (Å²) in [6, 6.07) is 10.7. The van der Waals surface area contributed by atoms with E-state index in [9.17, 15) is 0 Å². The molecule has 186 valence electrons. The van der Waals surface area contributed by atoms with E-state index in [2.05, 4.69) is 44.3 Å². The number of benzene rings is 2. The molecule has 1 spiro atoms. The van der Waals surface area contributed by atoms with Crippen LogP contribution in [0.2, 0.25) is 10.2 Å². The van der Waals surface area contributed by atoms with Gasteiger partial charge in [0, 0.05) is 31.0 Å². The molecular weight excluding hydrogens is 503 g/mol. The average molecular weight is 529 g/mol. The lowest BCUT2D eigenvalue weighted by molar-refractivity contribution is 0.232. The summed E-state index contributed by atoms with van der Waals surface area (Å²) in [5.41, 5.74) is 7.47. The predicted octanol–water partition coefficient (Wildman–Crippen LogP) is 6.69. The molecule has 6 nitrogen and oxygen atoms in total. The van der Waals surface area contributed by atoms with E-state index in [1.807, 2.05) is 36.8 Å². The average Bonchev–Trinajstić information content (AvgIpc) is 3.61. The highest BCUT2D eigenvalue weighted by atomic mass is 35.5. The largest absolute Gasteiger partial charge is 0.355 e. The first-order chi connectivity index (χ1) is 18.1. The van der Waals surface area contributed by atoms with Crippen LogP contribution in [0, 0.1) is 5.41 Å². The fourth-order valence-corrected chi connectivity index (χ4v) is 7.01. The summed E-state index contributed by atoms with van der Waals surface area (Å²) in [4.78, 5) is 12.0. The van der Waals surface area contributed by atoms with Gasteiger partial charge in [0.2, 0.25) is 0 Å². The molecule has 1 N–H and O–H groups in total. The lowest BCUT2D eigenvalue weighted by Gasteiger charge is -2.40. The number of fused-ring (bicyclic) bond motifs is 3. The van der Waals surface area contributed by atoms with Crippen LogP contribution in [0.3, 0.4) is 0 Å². The Balaban J connectivity index is 1.18. The van der Waals surface area contributed by atoms with Gasteiger partial charge in [0.05, 0.1) is 22.1 Å². The molecule has 0 saturated carbocycles. The molecule has 4 heterocycles. The van der Waals surface area contributed by atoms with Gasteiger partial charge in [-0.15, -0.1) is 6.58 Å². The Morgan fingerprint density at radius 1 is 1.08 bits per heavy atom. The number of rotatable bonds is 4. The number of aromatic amines is 1. The second-order valence-corrected chi connectivity index (χ2v) is 11.1. The Hall–Kier alpha value is -3.35. The van der Waals surface area contributed by atoms with E-state index in [4.69, 9.17) is 33.2 Å². The van der Waals surface area contributed by atoms with E-state index >= 15 is 0 Å². The molecule has 1 saturated heterocycles. The van der Waals surface area contributed by atoms with Crippen LogP contribution in [-0.2, 0) is 19.3 Å². The standard InChI is InChI=1S/C29H26Cl2N6/c1-2-4-18-5-3-6-19-15-29(16-21(18)19)9-12-36(13-10-29)28-23-17-33-27(37(23)14-11-32-28)20-7-8-22-24(25(20)30)26(31)35-34-22/h2-3,5-8,11,14,17H,1,4,9-10,12-13,15-16H2,(H,34,35). The van der Waals surface area contributed by atoms with E-state index < -0.39 is 0 Å². The Kier molecular flexibility index (Phi) is 5.31. The van der Waals surface area contributed by atoms with Crippen molar-refractivity contribution in [2.24, 2.45) is 5.41 Å². The molecule has 7 rings (SSSR count). The zero-order valence-electron chi connectivity index (χ0n) is 20.3. The van der Waals surface area contributed by atoms with Crippen LogP contribution in [0.1, 0.15) is 29.5 Å². The van der Waals surface area contributed by atoms with Gasteiger partial charge in [-0.05, 0) is 66.3 Å². The number of piperidine rings is 1. The Bertz CT molecular complexity index is 1680. The van der Waals surface area contributed by atoms with Crippen molar-refractivity contribution in [2.75, 3.05) is 18.0 Å². The van der Waals surface area contributed by atoms with E-state index in [0.717, 1.165) is 60.6 Å². The van der Waals surface area contributed by atoms with Gasteiger partial charge in [0.1, 0.15) is 11.3 Å². The topological polar surface area (TPSA) is 62.1 Å². The minimum Gasteiger partial charge on any atom is -0.355 e. The zero-order valence-corrected chi connectivity index (χ0v) is 21.9. The van der Waals surface area contributed by atoms with Crippen molar-refractivity contribution >= 4 is 45.4 Å². The maximum absolute atomic E-state index is 6.78. The molecule has 2 aliphatic rings. The van der Waals surface area contributed by atoms with Gasteiger partial charge in [-0.2, -0.15) is 5.10 Å². The summed E-state index contributed by atoms with van der Waals surface area (Å²) in [7, 11) is 0. The molecule has 2 aromatic carbocycles. The zero-order chi connectivity index (χ0) is 25.1. The van der Waals surface area contributed by atoms with Gasteiger partial charge in [0.25, 0.3) is 0 Å². The number of allylic oxidation sites excluding steroid dienone is 1. The second-order valence-electron chi connectivity index (χ2n) is 10.3. The third kappa shape index (κ3) is 3.57. The molecule has 0 amide bonds. The summed E-state index contributed by atoms with van der Waals surface area (Å²) in [6.07, 6.45) is 13.3. The molecule has 37 heavy (non-hydrogen) atoms. The lowest BCUT2D eigenvalue weighted by atomic mass is 9.75. The van der Waals surface area contributed by atoms with Crippen molar-refractivity contribution in [1.82, 2.24) is 24.6 Å². The van der Waals surface area contributed by atoms with E-state index in [1.54, 1.807) is 5.56 Å². The minimum atomic E-state index is 0.347. The highest BCUT2D eigenvalue weighted by Crippen LogP contribution is 2.46. The van der Waals surface area contributed by atoms with E-state index in [-0.39, 0.29) is 0 Å². The molecule has 5 aromatic rings. The molecule has 0 radical (unpaired) electrons. The van der Waals surface area contributed by atoms with E-state index in [0.29, 0.717) is 21.0 Å². The summed E-state index contributed by atoms with van der Waals surface area (Å²) in [5, 5.41) is 8.60. The molecular formula is C29H26Cl2N6. The normalized spacial score (nSPS) is 16.6. The molecule has 1 aliphatic heterocycles. The third-order valence-corrected chi connectivity index (χ3v) is 8.94. The van der Waals surface area contributed by atoms with Gasteiger partial charge >= 0.3 is 0 Å². The van der Waals surface area contributed by atoms with Crippen molar-refractivity contribution in [2.45, 2.75) is 32.1 Å². The van der Waals surface area contributed by atoms with Crippen molar-refractivity contribution in [3.63, 3.8) is 0 Å². The van der Waals surface area contributed by atoms with Crippen LogP contribution in [-0.4, -0.2) is 37.7 Å². The molecule has 0 atom stereocenters. The first-order valence-electron chi connectivity index (χ1n) is 12.7. The number of hydrogen-bond acceptors (Lipinski definition) is 4. The quantitative estimate of drug-likeness (QED) is 0.264. The number of nitrogens with one attached hydrogen (secondary N) is 1. The second kappa shape index (κ2) is 8.61. The van der Waals surface area contributed by atoms with Crippen LogP contribution in [0.5, 0.6) is 0 Å². The fraction of sp³-hybridized carbons (Fsp3) is 0.276. The van der Waals surface area contributed by atoms with Crippen molar-refractivity contribution in [3.05, 3.63) is 88.4 Å². The number of nitrogens with zero attached hydrogens (tertiary/aromatic N) is 5. The maximum atomic E-state index is 6.78. The van der Waals surface area contributed by atoms with Gasteiger partial charge in [-0.25, -0.2) is 9.97 Å². The molecule has 8 heteroatoms. The number of halogens is 2. The maximum Gasteiger partial charge on any atom is 0.160 e. The van der Waals surface area contributed by atoms with Crippen molar-refractivity contribution in [1.29, 1.82) is 0 Å². The number of anilines is 1. The number of imidazole rings is 1. The molecule has 3 aromatic heterocycles. The van der Waals surface area contributed by atoms with Gasteiger partial charge in [-0.1, -0.05) is 47.5 Å². The summed E-state index contributed by atoms with van der Waals surface area (Å²) in [6.45, 7) is 5.92. The molecule has 0 bridgehead atoms. The first kappa shape index (κ1) is 22.8. The summed E-state index contributed by atoms with van der Waals surface area (Å²) < 4.78 is 2.07. The minimum absolute atomic E-state index is 0.347. The summed E-state index contributed by atoms with van der Waals surface area (Å²) in [5.74, 6) is 1.73. The highest BCUT2D eigenvalue weighted by molar-refractivity contribution is 6.43. The lowest BCUT2D eigenvalue weighted by Crippen LogP contribution is -2.41. The van der Waals surface area contributed by atoms with Crippen LogP contribution in [0.25, 0.3) is 27.8 Å². The molecule has 1 fully saturated rings. The SMILES string of the molecule is C=CCc1cccc2c1CC1(CCN(c3nccn4c(-c5ccc6[nH]nc(Cl)c6c5Cl)ncc34)CC1)C2. The Morgan fingerprint density at radius 3 is 2.78 bits per heavy atom. The third-order valence-electron chi connectivity index (χ3n) is 8.28. The predicted molar refractivity (Wildman–Crippen MR) is 150 cm³/mol. The summed E-state index contributed by atoms with van der Waals surface area (Å²) >= 11 is 13.1. The van der Waals surface area contributed by atoms with Gasteiger partial charge in [-0.3, -0.25) is 9.50 Å². The number of hydrogen-bond donors (Lipinski definition) is 1. The van der Waals surface area contributed by atoms with Crippen molar-refractivity contribution < 1.29 is 0 Å². The van der Waals surface area contributed by atoms with Crippen LogP contribution >= 0.6 is 23.2 Å². The van der Waals surface area contributed by atoms with Crippen molar-refractivity contribution in [3.8, 4) is 11.4 Å². The number of aromatic nitrogens is 5. The fourth-order valence-electron chi connectivity index (χ4n) is 6.38.